The van der Waals surface area contributed by atoms with Crippen LogP contribution >= 0.6 is 22.6 Å². The lowest BCUT2D eigenvalue weighted by Gasteiger charge is -2.27. The van der Waals surface area contributed by atoms with Gasteiger partial charge in [-0.05, 0) is 81.4 Å². The Hall–Kier alpha value is -2.22. The van der Waals surface area contributed by atoms with E-state index in [1.165, 1.54) is 12.1 Å². The fraction of sp³-hybridized carbons (Fsp3) is 0.333. The maximum atomic E-state index is 13.4. The summed E-state index contributed by atoms with van der Waals surface area (Å²) in [5, 5.41) is 0. The number of alkyl halides is 3. The number of halogens is 4. The summed E-state index contributed by atoms with van der Waals surface area (Å²) in [7, 11) is 3.22. The van der Waals surface area contributed by atoms with Gasteiger partial charge in [-0.15, -0.1) is 0 Å². The minimum absolute atomic E-state index is 0.0545. The monoisotopic (exact) mass is 568 g/mol. The number of hydrogen-bond donors (Lipinski definition) is 0. The van der Waals surface area contributed by atoms with Crippen molar-refractivity contribution >= 4 is 22.6 Å². The second kappa shape index (κ2) is 9.95. The number of benzene rings is 3. The third kappa shape index (κ3) is 5.00. The molecule has 2 nitrogen and oxygen atoms in total. The molecule has 0 unspecified atom stereocenters. The Kier molecular flexibility index (Phi) is 7.66. The van der Waals surface area contributed by atoms with Gasteiger partial charge in [0.25, 0.3) is 0 Å². The lowest BCUT2D eigenvalue weighted by molar-refractivity contribution is -0.137. The molecule has 0 saturated carbocycles. The van der Waals surface area contributed by atoms with E-state index >= 15 is 0 Å². The minimum atomic E-state index is -4.42. The van der Waals surface area contributed by atoms with E-state index in [1.54, 1.807) is 20.3 Å². The summed E-state index contributed by atoms with van der Waals surface area (Å²) < 4.78 is 53.0. The molecule has 176 valence electrons. The van der Waals surface area contributed by atoms with Gasteiger partial charge in [0, 0.05) is 20.3 Å². The Balaban J connectivity index is 2.48. The van der Waals surface area contributed by atoms with E-state index in [-0.39, 0.29) is 11.8 Å². The van der Waals surface area contributed by atoms with Crippen LogP contribution in [-0.2, 0) is 6.18 Å². The van der Waals surface area contributed by atoms with Crippen LogP contribution in [0, 0.1) is 3.57 Å². The van der Waals surface area contributed by atoms with E-state index in [2.05, 4.69) is 50.3 Å². The highest BCUT2D eigenvalue weighted by Gasteiger charge is 2.32. The first-order valence-corrected chi connectivity index (χ1v) is 11.8. The summed E-state index contributed by atoms with van der Waals surface area (Å²) >= 11 is 2.30. The fourth-order valence-corrected chi connectivity index (χ4v) is 4.95. The zero-order valence-corrected chi connectivity index (χ0v) is 21.8. The molecule has 0 radical (unpaired) electrons. The number of methoxy groups -OCH3 is 2. The highest BCUT2D eigenvalue weighted by Crippen LogP contribution is 2.50. The van der Waals surface area contributed by atoms with Gasteiger partial charge in [-0.3, -0.25) is 0 Å². The molecule has 0 atom stereocenters. The zero-order chi connectivity index (χ0) is 24.5. The largest absolute Gasteiger partial charge is 0.496 e. The van der Waals surface area contributed by atoms with Crippen molar-refractivity contribution in [1.29, 1.82) is 0 Å². The molecule has 0 aliphatic heterocycles. The molecule has 0 bridgehead atoms. The summed E-state index contributed by atoms with van der Waals surface area (Å²) in [5.41, 5.74) is 4.45. The summed E-state index contributed by atoms with van der Waals surface area (Å²) in [5.74, 6) is 1.51. The highest BCUT2D eigenvalue weighted by molar-refractivity contribution is 14.1. The smallest absolute Gasteiger partial charge is 0.416 e. The van der Waals surface area contributed by atoms with E-state index < -0.39 is 11.7 Å². The van der Waals surface area contributed by atoms with Crippen LogP contribution in [0.1, 0.15) is 56.2 Å². The van der Waals surface area contributed by atoms with Crippen LogP contribution in [0.5, 0.6) is 11.5 Å². The zero-order valence-electron chi connectivity index (χ0n) is 19.6. The first-order chi connectivity index (χ1) is 15.5. The molecule has 0 saturated heterocycles. The van der Waals surface area contributed by atoms with Crippen LogP contribution in [0.3, 0.4) is 0 Å². The van der Waals surface area contributed by atoms with Crippen LogP contribution in [0.15, 0.2) is 48.5 Å². The molecule has 3 rings (SSSR count). The Morgan fingerprint density at radius 2 is 1.48 bits per heavy atom. The molecule has 3 aromatic carbocycles. The van der Waals surface area contributed by atoms with Gasteiger partial charge in [0.05, 0.1) is 19.8 Å². The van der Waals surface area contributed by atoms with Crippen LogP contribution < -0.4 is 9.47 Å². The second-order valence-corrected chi connectivity index (χ2v) is 9.70. The van der Waals surface area contributed by atoms with Crippen molar-refractivity contribution in [2.75, 3.05) is 14.2 Å². The molecule has 33 heavy (non-hydrogen) atoms. The molecule has 0 fully saturated rings. The predicted octanol–water partition coefficient (Wildman–Crippen LogP) is 8.91. The SMILES string of the molecule is COc1cccc(I)c1-c1c(C(C)C)cc(-c2cccc(C(F)(F)F)c2)c(OC)c1C(C)C. The lowest BCUT2D eigenvalue weighted by Crippen LogP contribution is -2.08. The topological polar surface area (TPSA) is 18.5 Å². The second-order valence-electron chi connectivity index (χ2n) is 8.54. The summed E-state index contributed by atoms with van der Waals surface area (Å²) in [6, 6.07) is 13.3. The van der Waals surface area contributed by atoms with Crippen molar-refractivity contribution in [2.24, 2.45) is 0 Å². The normalized spacial score (nSPS) is 11.9. The predicted molar refractivity (Wildman–Crippen MR) is 136 cm³/mol. The average Bonchev–Trinajstić information content (AvgIpc) is 2.76. The van der Waals surface area contributed by atoms with Crippen LogP contribution in [0.2, 0.25) is 0 Å². The highest BCUT2D eigenvalue weighted by atomic mass is 127. The van der Waals surface area contributed by atoms with E-state index in [1.807, 2.05) is 24.3 Å². The van der Waals surface area contributed by atoms with Crippen molar-refractivity contribution in [3.05, 3.63) is 68.8 Å². The van der Waals surface area contributed by atoms with Crippen molar-refractivity contribution in [2.45, 2.75) is 45.7 Å². The van der Waals surface area contributed by atoms with E-state index in [9.17, 15) is 13.2 Å². The Labute approximate surface area is 207 Å². The first kappa shape index (κ1) is 25.4. The maximum absolute atomic E-state index is 13.4. The van der Waals surface area contributed by atoms with E-state index in [0.29, 0.717) is 16.9 Å². The van der Waals surface area contributed by atoms with E-state index in [0.717, 1.165) is 37.6 Å². The molecular weight excluding hydrogens is 540 g/mol. The quantitative estimate of drug-likeness (QED) is 0.277. The van der Waals surface area contributed by atoms with Crippen molar-refractivity contribution in [1.82, 2.24) is 0 Å². The lowest BCUT2D eigenvalue weighted by atomic mass is 9.81. The number of ether oxygens (including phenoxy) is 2. The van der Waals surface area contributed by atoms with Crippen molar-refractivity contribution in [3.8, 4) is 33.8 Å². The summed E-state index contributed by atoms with van der Waals surface area (Å²) in [6.07, 6.45) is -4.42. The fourth-order valence-electron chi connectivity index (χ4n) is 4.21. The van der Waals surface area contributed by atoms with Gasteiger partial charge in [0.15, 0.2) is 0 Å². The molecule has 0 aromatic heterocycles. The molecule has 0 spiro atoms. The van der Waals surface area contributed by atoms with Gasteiger partial charge < -0.3 is 9.47 Å². The summed E-state index contributed by atoms with van der Waals surface area (Å²) in [4.78, 5) is 0. The van der Waals surface area contributed by atoms with Gasteiger partial charge in [-0.1, -0.05) is 45.9 Å². The minimum Gasteiger partial charge on any atom is -0.496 e. The average molecular weight is 568 g/mol. The van der Waals surface area contributed by atoms with Crippen LogP contribution in [0.25, 0.3) is 22.3 Å². The number of hydrogen-bond acceptors (Lipinski definition) is 2. The molecule has 0 N–H and O–H groups in total. The molecule has 3 aromatic rings. The third-order valence-electron chi connectivity index (χ3n) is 5.70. The van der Waals surface area contributed by atoms with Crippen LogP contribution in [0.4, 0.5) is 13.2 Å². The summed E-state index contributed by atoms with van der Waals surface area (Å²) in [6.45, 7) is 8.33. The molecular formula is C27H28F3IO2. The van der Waals surface area contributed by atoms with Gasteiger partial charge in [-0.25, -0.2) is 0 Å². The molecule has 0 aliphatic rings. The van der Waals surface area contributed by atoms with E-state index in [4.69, 9.17) is 9.47 Å². The Bertz CT molecular complexity index is 1150. The molecule has 0 aliphatic carbocycles. The van der Waals surface area contributed by atoms with Crippen molar-refractivity contribution in [3.63, 3.8) is 0 Å². The van der Waals surface area contributed by atoms with Gasteiger partial charge in [-0.2, -0.15) is 13.2 Å². The van der Waals surface area contributed by atoms with Gasteiger partial charge in [0.1, 0.15) is 11.5 Å². The Morgan fingerprint density at radius 3 is 2.03 bits per heavy atom. The van der Waals surface area contributed by atoms with Crippen molar-refractivity contribution < 1.29 is 22.6 Å². The molecule has 0 amide bonds. The van der Waals surface area contributed by atoms with Gasteiger partial charge in [0.2, 0.25) is 0 Å². The van der Waals surface area contributed by atoms with Crippen LogP contribution in [-0.4, -0.2) is 14.2 Å². The van der Waals surface area contributed by atoms with Gasteiger partial charge >= 0.3 is 6.18 Å². The molecule has 6 heteroatoms. The standard InChI is InChI=1S/C27H28F3IO2/c1-15(2)19-14-20(17-9-7-10-18(13-17)27(28,29)30)26(33-6)23(16(3)4)24(19)25-21(31)11-8-12-22(25)32-5/h7-16H,1-6H3. The maximum Gasteiger partial charge on any atom is 0.416 e. The number of rotatable bonds is 6. The Morgan fingerprint density at radius 1 is 0.818 bits per heavy atom. The third-order valence-corrected chi connectivity index (χ3v) is 6.60. The first-order valence-electron chi connectivity index (χ1n) is 10.8. The molecule has 0 heterocycles.